The lowest BCUT2D eigenvalue weighted by molar-refractivity contribution is -0.140. The van der Waals surface area contributed by atoms with Crippen LogP contribution in [0, 0.1) is 11.7 Å². The lowest BCUT2D eigenvalue weighted by Gasteiger charge is -2.19. The Bertz CT molecular complexity index is 1830. The standard InChI is InChI=1S/C26H24ClFN10O3/c27-17-4-6-36-13-30-19(23(36)22(17)28)8-29-25(39)20-12-37(34-32-20)10-16-11-38-24(31-16)21(7-18(33-38)14-1-2-14)35-5-3-15(9-35)26(40)41/h4,6-7,11-15H,1-3,5,8-10H2,(H,29,39)(H,40,41). The maximum atomic E-state index is 14.5. The molecule has 1 saturated carbocycles. The molecule has 41 heavy (non-hydrogen) atoms. The number of rotatable bonds is 8. The van der Waals surface area contributed by atoms with Crippen molar-refractivity contribution >= 4 is 40.3 Å². The molecule has 5 aromatic rings. The minimum Gasteiger partial charge on any atom is -0.481 e. The molecule has 13 nitrogen and oxygen atoms in total. The van der Waals surface area contributed by atoms with Crippen molar-refractivity contribution in [3.8, 4) is 0 Å². The Balaban J connectivity index is 1.08. The number of carbonyl (C=O) groups excluding carboxylic acids is 1. The molecule has 0 bridgehead atoms. The topological polar surface area (TPSA) is 148 Å². The van der Waals surface area contributed by atoms with Gasteiger partial charge in [-0.2, -0.15) is 5.10 Å². The predicted molar refractivity (Wildman–Crippen MR) is 143 cm³/mol. The minimum absolute atomic E-state index is 0.0249. The summed E-state index contributed by atoms with van der Waals surface area (Å²) >= 11 is 5.89. The largest absolute Gasteiger partial charge is 0.481 e. The number of fused-ring (bicyclic) bond motifs is 2. The first-order valence-corrected chi connectivity index (χ1v) is 13.6. The number of hydrogen-bond donors (Lipinski definition) is 2. The van der Waals surface area contributed by atoms with Gasteiger partial charge in [0.2, 0.25) is 0 Å². The molecule has 2 fully saturated rings. The molecule has 2 N–H and O–H groups in total. The molecule has 210 valence electrons. The first-order chi connectivity index (χ1) is 19.8. The van der Waals surface area contributed by atoms with Crippen LogP contribution in [0.25, 0.3) is 11.2 Å². The maximum Gasteiger partial charge on any atom is 0.308 e. The van der Waals surface area contributed by atoms with Crippen LogP contribution in [0.1, 0.15) is 52.8 Å². The van der Waals surface area contributed by atoms with Gasteiger partial charge in [0.1, 0.15) is 5.52 Å². The first-order valence-electron chi connectivity index (χ1n) is 13.2. The summed E-state index contributed by atoms with van der Waals surface area (Å²) < 4.78 is 19.2. The molecule has 0 radical (unpaired) electrons. The lowest BCUT2D eigenvalue weighted by atomic mass is 10.1. The monoisotopic (exact) mass is 578 g/mol. The summed E-state index contributed by atoms with van der Waals surface area (Å²) in [4.78, 5) is 35.3. The molecule has 1 amide bonds. The quantitative estimate of drug-likeness (QED) is 0.283. The highest BCUT2D eigenvalue weighted by Crippen LogP contribution is 2.41. The van der Waals surface area contributed by atoms with Crippen LogP contribution in [0.4, 0.5) is 10.1 Å². The number of anilines is 1. The number of imidazole rings is 2. The van der Waals surface area contributed by atoms with Crippen LogP contribution < -0.4 is 10.2 Å². The second-order valence-corrected chi connectivity index (χ2v) is 10.8. The van der Waals surface area contributed by atoms with E-state index in [1.165, 1.54) is 27.7 Å². The van der Waals surface area contributed by atoms with E-state index in [-0.39, 0.29) is 29.3 Å². The van der Waals surface area contributed by atoms with Crippen LogP contribution in [0.15, 0.2) is 37.1 Å². The van der Waals surface area contributed by atoms with E-state index in [2.05, 4.69) is 25.5 Å². The molecule has 0 aromatic carbocycles. The molecule has 1 atom stereocenters. The number of aromatic nitrogens is 8. The predicted octanol–water partition coefficient (Wildman–Crippen LogP) is 2.53. The van der Waals surface area contributed by atoms with Gasteiger partial charge in [-0.1, -0.05) is 16.8 Å². The lowest BCUT2D eigenvalue weighted by Crippen LogP contribution is -2.23. The van der Waals surface area contributed by atoms with Gasteiger partial charge in [0.25, 0.3) is 5.91 Å². The number of hydrogen-bond acceptors (Lipinski definition) is 8. The van der Waals surface area contributed by atoms with E-state index in [1.807, 2.05) is 12.3 Å². The van der Waals surface area contributed by atoms with Crippen LogP contribution in [-0.2, 0) is 17.9 Å². The number of carbonyl (C=O) groups is 2. The van der Waals surface area contributed by atoms with Gasteiger partial charge in [0.15, 0.2) is 17.2 Å². The fourth-order valence-electron chi connectivity index (χ4n) is 5.21. The Labute approximate surface area is 236 Å². The van der Waals surface area contributed by atoms with Gasteiger partial charge < -0.3 is 19.7 Å². The fraction of sp³-hybridized carbons (Fsp3) is 0.346. The smallest absolute Gasteiger partial charge is 0.308 e. The molecule has 1 aliphatic heterocycles. The third kappa shape index (κ3) is 4.73. The molecule has 1 aliphatic carbocycles. The SMILES string of the molecule is O=C(NCc1ncn2ccc(Cl)c(F)c12)c1cn(Cc2cn3nc(C4CC4)cc(N4CCC(C(=O)O)C4)c3n2)nn1. The zero-order valence-corrected chi connectivity index (χ0v) is 22.4. The van der Waals surface area contributed by atoms with Crippen LogP contribution in [0.5, 0.6) is 0 Å². The van der Waals surface area contributed by atoms with Crippen molar-refractivity contribution in [3.63, 3.8) is 0 Å². The average Bonchev–Trinajstić information content (AvgIpc) is 3.34. The molecule has 5 aromatic heterocycles. The number of carboxylic acid groups (broad SMARTS) is 1. The van der Waals surface area contributed by atoms with Crippen molar-refractivity contribution in [1.82, 2.24) is 44.3 Å². The highest BCUT2D eigenvalue weighted by molar-refractivity contribution is 6.31. The van der Waals surface area contributed by atoms with Gasteiger partial charge >= 0.3 is 5.97 Å². The summed E-state index contributed by atoms with van der Waals surface area (Å²) in [6.45, 7) is 1.29. The number of aliphatic carboxylic acids is 1. The fourth-order valence-corrected chi connectivity index (χ4v) is 5.36. The summed E-state index contributed by atoms with van der Waals surface area (Å²) in [6, 6.07) is 3.47. The van der Waals surface area contributed by atoms with Gasteiger partial charge in [-0.25, -0.2) is 23.6 Å². The Morgan fingerprint density at radius 2 is 2.07 bits per heavy atom. The van der Waals surface area contributed by atoms with Gasteiger partial charge in [0.05, 0.1) is 65.5 Å². The molecular weight excluding hydrogens is 555 g/mol. The summed E-state index contributed by atoms with van der Waals surface area (Å²) in [7, 11) is 0. The molecule has 15 heteroatoms. The van der Waals surface area contributed by atoms with Gasteiger partial charge in [-0.3, -0.25) is 9.59 Å². The number of pyridine rings is 1. The number of nitrogens with zero attached hydrogens (tertiary/aromatic N) is 9. The normalized spacial score (nSPS) is 17.1. The third-order valence-corrected chi connectivity index (χ3v) is 7.82. The average molecular weight is 579 g/mol. The Morgan fingerprint density at radius 3 is 2.85 bits per heavy atom. The van der Waals surface area contributed by atoms with Gasteiger partial charge in [0, 0.05) is 25.2 Å². The van der Waals surface area contributed by atoms with Crippen LogP contribution in [0.2, 0.25) is 5.02 Å². The highest BCUT2D eigenvalue weighted by atomic mass is 35.5. The maximum absolute atomic E-state index is 14.5. The number of halogens is 2. The van der Waals surface area contributed by atoms with E-state index in [4.69, 9.17) is 21.7 Å². The van der Waals surface area contributed by atoms with Gasteiger partial charge in [-0.05, 0) is 31.4 Å². The Kier molecular flexibility index (Phi) is 6.07. The Hall–Kier alpha value is -4.59. The van der Waals surface area contributed by atoms with Crippen molar-refractivity contribution in [2.45, 2.75) is 38.3 Å². The molecule has 0 spiro atoms. The molecule has 2 aliphatic rings. The molecule has 1 unspecified atom stereocenters. The minimum atomic E-state index is -0.787. The summed E-state index contributed by atoms with van der Waals surface area (Å²) in [5, 5.41) is 24.9. The van der Waals surface area contributed by atoms with E-state index in [0.717, 1.165) is 24.2 Å². The van der Waals surface area contributed by atoms with Crippen LogP contribution in [-0.4, -0.2) is 69.0 Å². The van der Waals surface area contributed by atoms with Crippen molar-refractivity contribution in [1.29, 1.82) is 0 Å². The van der Waals surface area contributed by atoms with E-state index >= 15 is 0 Å². The summed E-state index contributed by atoms with van der Waals surface area (Å²) in [5.41, 5.74) is 3.77. The zero-order chi connectivity index (χ0) is 28.2. The number of amides is 1. The molecule has 1 saturated heterocycles. The summed E-state index contributed by atoms with van der Waals surface area (Å²) in [6.07, 6.45) is 9.11. The molecule has 7 rings (SSSR count). The number of nitrogens with one attached hydrogen (secondary N) is 1. The number of carboxylic acids is 1. The van der Waals surface area contributed by atoms with Crippen molar-refractivity contribution < 1.29 is 19.1 Å². The third-order valence-electron chi connectivity index (χ3n) is 7.53. The van der Waals surface area contributed by atoms with Crippen molar-refractivity contribution in [2.24, 2.45) is 5.92 Å². The zero-order valence-electron chi connectivity index (χ0n) is 21.6. The van der Waals surface area contributed by atoms with Gasteiger partial charge in [-0.15, -0.1) is 5.10 Å². The van der Waals surface area contributed by atoms with Crippen molar-refractivity contribution in [2.75, 3.05) is 18.0 Å². The molecular formula is C26H24ClFN10O3. The van der Waals surface area contributed by atoms with Crippen LogP contribution >= 0.6 is 11.6 Å². The second kappa shape index (κ2) is 9.80. The summed E-state index contributed by atoms with van der Waals surface area (Å²) in [5.74, 6) is -1.89. The Morgan fingerprint density at radius 1 is 1.22 bits per heavy atom. The second-order valence-electron chi connectivity index (χ2n) is 10.4. The van der Waals surface area contributed by atoms with Crippen LogP contribution in [0.3, 0.4) is 0 Å². The van der Waals surface area contributed by atoms with E-state index < -0.39 is 23.6 Å². The van der Waals surface area contributed by atoms with E-state index in [9.17, 15) is 19.1 Å². The highest BCUT2D eigenvalue weighted by Gasteiger charge is 2.32. The van der Waals surface area contributed by atoms with E-state index in [0.29, 0.717) is 42.5 Å². The molecule has 6 heterocycles. The van der Waals surface area contributed by atoms with E-state index in [1.54, 1.807) is 10.7 Å². The van der Waals surface area contributed by atoms with Crippen molar-refractivity contribution in [3.05, 3.63) is 70.7 Å². The first kappa shape index (κ1) is 25.4.